The number of hydrogen-bond donors (Lipinski definition) is 2. The molecule has 0 spiro atoms. The molecule has 1 aromatic rings. The standard InChI is InChI=1S/C13H14Cl2N2O2/c1-12(7-13(12,14)15)11(19)17-9-6-4-3-5-8(9)10(18)16-2/h3-6H,7H2,1-2H3,(H,16,18)(H,17,19). The Labute approximate surface area is 121 Å². The van der Waals surface area contributed by atoms with Crippen LogP contribution in [-0.4, -0.2) is 23.2 Å². The molecule has 0 heterocycles. The molecule has 0 bridgehead atoms. The highest BCUT2D eigenvalue weighted by atomic mass is 35.5. The van der Waals surface area contributed by atoms with Crippen LogP contribution in [0, 0.1) is 5.41 Å². The number of amides is 2. The third-order valence-corrected chi connectivity index (χ3v) is 4.51. The van der Waals surface area contributed by atoms with Gasteiger partial charge in [-0.2, -0.15) is 0 Å². The van der Waals surface area contributed by atoms with Gasteiger partial charge in [-0.05, 0) is 25.5 Å². The first-order valence-corrected chi connectivity index (χ1v) is 6.58. The van der Waals surface area contributed by atoms with Gasteiger partial charge in [-0.1, -0.05) is 12.1 Å². The number of benzene rings is 1. The van der Waals surface area contributed by atoms with Gasteiger partial charge in [0.1, 0.15) is 4.33 Å². The molecule has 1 aromatic carbocycles. The number of rotatable bonds is 3. The van der Waals surface area contributed by atoms with Gasteiger partial charge in [0.2, 0.25) is 5.91 Å². The Bertz CT molecular complexity index is 545. The van der Waals surface area contributed by atoms with Crippen LogP contribution in [0.15, 0.2) is 24.3 Å². The number of alkyl halides is 2. The molecule has 1 aliphatic rings. The number of anilines is 1. The lowest BCUT2D eigenvalue weighted by Gasteiger charge is -2.14. The molecule has 0 saturated heterocycles. The molecule has 4 nitrogen and oxygen atoms in total. The number of halogens is 2. The predicted molar refractivity (Wildman–Crippen MR) is 75.6 cm³/mol. The molecular formula is C13H14Cl2N2O2. The van der Waals surface area contributed by atoms with Crippen molar-refractivity contribution < 1.29 is 9.59 Å². The number of hydrogen-bond acceptors (Lipinski definition) is 2. The maximum Gasteiger partial charge on any atom is 0.253 e. The van der Waals surface area contributed by atoms with Crippen LogP contribution in [-0.2, 0) is 4.79 Å². The molecule has 1 saturated carbocycles. The normalized spacial score (nSPS) is 23.6. The van der Waals surface area contributed by atoms with Crippen LogP contribution in [0.25, 0.3) is 0 Å². The molecule has 102 valence electrons. The van der Waals surface area contributed by atoms with Gasteiger partial charge in [0, 0.05) is 7.05 Å². The molecule has 19 heavy (non-hydrogen) atoms. The van der Waals surface area contributed by atoms with Crippen LogP contribution in [0.2, 0.25) is 0 Å². The van der Waals surface area contributed by atoms with E-state index in [-0.39, 0.29) is 11.8 Å². The fourth-order valence-electron chi connectivity index (χ4n) is 1.83. The molecule has 2 rings (SSSR count). The van der Waals surface area contributed by atoms with Crippen molar-refractivity contribution in [3.05, 3.63) is 29.8 Å². The lowest BCUT2D eigenvalue weighted by molar-refractivity contribution is -0.120. The Balaban J connectivity index is 2.21. The summed E-state index contributed by atoms with van der Waals surface area (Å²) in [6.07, 6.45) is 0.400. The maximum atomic E-state index is 12.2. The zero-order chi connectivity index (χ0) is 14.3. The summed E-state index contributed by atoms with van der Waals surface area (Å²) in [4.78, 5) is 23.9. The van der Waals surface area contributed by atoms with E-state index in [1.807, 2.05) is 0 Å². The average molecular weight is 301 g/mol. The van der Waals surface area contributed by atoms with E-state index in [2.05, 4.69) is 10.6 Å². The minimum atomic E-state index is -1.03. The minimum Gasteiger partial charge on any atom is -0.355 e. The molecule has 6 heteroatoms. The molecule has 1 fully saturated rings. The van der Waals surface area contributed by atoms with Crippen LogP contribution >= 0.6 is 23.2 Å². The second-order valence-electron chi connectivity index (χ2n) is 4.79. The number of carbonyl (C=O) groups is 2. The molecular weight excluding hydrogens is 287 g/mol. The fourth-order valence-corrected chi connectivity index (χ4v) is 2.54. The van der Waals surface area contributed by atoms with E-state index in [1.165, 1.54) is 7.05 Å². The van der Waals surface area contributed by atoms with Gasteiger partial charge in [0.25, 0.3) is 5.91 Å². The van der Waals surface area contributed by atoms with Crippen molar-refractivity contribution in [2.45, 2.75) is 17.7 Å². The molecule has 0 radical (unpaired) electrons. The van der Waals surface area contributed by atoms with E-state index in [0.717, 1.165) is 0 Å². The van der Waals surface area contributed by atoms with Crippen LogP contribution in [0.1, 0.15) is 23.7 Å². The largest absolute Gasteiger partial charge is 0.355 e. The zero-order valence-corrected chi connectivity index (χ0v) is 12.1. The van der Waals surface area contributed by atoms with Crippen LogP contribution < -0.4 is 10.6 Å². The lowest BCUT2D eigenvalue weighted by Crippen LogP contribution is -2.28. The lowest BCUT2D eigenvalue weighted by atomic mass is 10.1. The summed E-state index contributed by atoms with van der Waals surface area (Å²) >= 11 is 11.9. The predicted octanol–water partition coefficient (Wildman–Crippen LogP) is 2.57. The third kappa shape index (κ3) is 2.42. The van der Waals surface area contributed by atoms with Crippen molar-refractivity contribution in [1.82, 2.24) is 5.32 Å². The van der Waals surface area contributed by atoms with E-state index in [4.69, 9.17) is 23.2 Å². The van der Waals surface area contributed by atoms with Crippen molar-refractivity contribution in [3.8, 4) is 0 Å². The van der Waals surface area contributed by atoms with Crippen molar-refractivity contribution in [1.29, 1.82) is 0 Å². The Hall–Kier alpha value is -1.26. The Morgan fingerprint density at radius 1 is 1.26 bits per heavy atom. The number of nitrogens with one attached hydrogen (secondary N) is 2. The smallest absolute Gasteiger partial charge is 0.253 e. The minimum absolute atomic E-state index is 0.264. The molecule has 1 unspecified atom stereocenters. The third-order valence-electron chi connectivity index (χ3n) is 3.41. The molecule has 1 atom stereocenters. The second-order valence-corrected chi connectivity index (χ2v) is 6.28. The first-order chi connectivity index (χ1) is 8.82. The first kappa shape index (κ1) is 14.2. The molecule has 2 N–H and O–H groups in total. The molecule has 0 aliphatic heterocycles. The zero-order valence-electron chi connectivity index (χ0n) is 10.6. The summed E-state index contributed by atoms with van der Waals surface area (Å²) < 4.78 is -1.03. The van der Waals surface area contributed by atoms with E-state index >= 15 is 0 Å². The molecule has 2 amide bonds. The summed E-state index contributed by atoms with van der Waals surface area (Å²) in [5.74, 6) is -0.547. The fraction of sp³-hybridized carbons (Fsp3) is 0.385. The average Bonchev–Trinajstić information content (AvgIpc) is 2.90. The van der Waals surface area contributed by atoms with Crippen LogP contribution in [0.5, 0.6) is 0 Å². The SMILES string of the molecule is CNC(=O)c1ccccc1NC(=O)C1(C)CC1(Cl)Cl. The maximum absolute atomic E-state index is 12.2. The van der Waals surface area contributed by atoms with E-state index in [9.17, 15) is 9.59 Å². The Kier molecular flexibility index (Phi) is 3.49. The van der Waals surface area contributed by atoms with Crippen molar-refractivity contribution in [2.24, 2.45) is 5.41 Å². The molecule has 0 aromatic heterocycles. The van der Waals surface area contributed by atoms with E-state index in [1.54, 1.807) is 31.2 Å². The highest BCUT2D eigenvalue weighted by molar-refractivity contribution is 6.53. The summed E-state index contributed by atoms with van der Waals surface area (Å²) in [5.41, 5.74) is 0.0350. The van der Waals surface area contributed by atoms with Gasteiger partial charge in [0.15, 0.2) is 0 Å². The monoisotopic (exact) mass is 300 g/mol. The van der Waals surface area contributed by atoms with Crippen molar-refractivity contribution in [2.75, 3.05) is 12.4 Å². The summed E-state index contributed by atoms with van der Waals surface area (Å²) in [7, 11) is 1.53. The number of para-hydroxylation sites is 1. The molecule has 1 aliphatic carbocycles. The van der Waals surface area contributed by atoms with Gasteiger partial charge in [-0.15, -0.1) is 23.2 Å². The Morgan fingerprint density at radius 3 is 2.37 bits per heavy atom. The summed E-state index contributed by atoms with van der Waals surface area (Å²) in [6.45, 7) is 1.70. The highest BCUT2D eigenvalue weighted by Gasteiger charge is 2.67. The van der Waals surface area contributed by atoms with E-state index < -0.39 is 9.75 Å². The highest BCUT2D eigenvalue weighted by Crippen LogP contribution is 2.64. The topological polar surface area (TPSA) is 58.2 Å². The van der Waals surface area contributed by atoms with Crippen LogP contribution in [0.3, 0.4) is 0 Å². The first-order valence-electron chi connectivity index (χ1n) is 5.82. The Morgan fingerprint density at radius 2 is 1.84 bits per heavy atom. The quantitative estimate of drug-likeness (QED) is 0.843. The van der Waals surface area contributed by atoms with Crippen molar-refractivity contribution >= 4 is 40.7 Å². The summed E-state index contributed by atoms with van der Waals surface area (Å²) in [6, 6.07) is 6.77. The van der Waals surface area contributed by atoms with Crippen molar-refractivity contribution in [3.63, 3.8) is 0 Å². The second kappa shape index (κ2) is 4.69. The van der Waals surface area contributed by atoms with Gasteiger partial charge in [-0.25, -0.2) is 0 Å². The van der Waals surface area contributed by atoms with Gasteiger partial charge in [0.05, 0.1) is 16.7 Å². The number of carbonyl (C=O) groups excluding carboxylic acids is 2. The summed E-state index contributed by atoms with van der Waals surface area (Å²) in [5, 5.41) is 5.24. The van der Waals surface area contributed by atoms with E-state index in [0.29, 0.717) is 17.7 Å². The van der Waals surface area contributed by atoms with Crippen LogP contribution in [0.4, 0.5) is 5.69 Å². The van der Waals surface area contributed by atoms with Gasteiger partial charge in [-0.3, -0.25) is 9.59 Å². The van der Waals surface area contributed by atoms with Gasteiger partial charge < -0.3 is 10.6 Å². The van der Waals surface area contributed by atoms with Gasteiger partial charge >= 0.3 is 0 Å².